The van der Waals surface area contributed by atoms with Gasteiger partial charge in [-0.3, -0.25) is 33.6 Å². The fourth-order valence-corrected chi connectivity index (χ4v) is 12.9. The highest BCUT2D eigenvalue weighted by molar-refractivity contribution is 7.99. The van der Waals surface area contributed by atoms with E-state index in [0.29, 0.717) is 70.4 Å². The number of hydrogen-bond donors (Lipinski definition) is 12. The van der Waals surface area contributed by atoms with E-state index >= 15 is 0 Å². The van der Waals surface area contributed by atoms with Crippen molar-refractivity contribution in [1.82, 2.24) is 26.6 Å². The van der Waals surface area contributed by atoms with Crippen molar-refractivity contribution < 1.29 is 93.0 Å². The Morgan fingerprint density at radius 1 is 0.576 bits per heavy atom. The summed E-state index contributed by atoms with van der Waals surface area (Å²) < 4.78 is 23.4. The number of aldehydes is 1. The lowest BCUT2D eigenvalue weighted by Gasteiger charge is -2.46. The summed E-state index contributed by atoms with van der Waals surface area (Å²) in [6, 6.07) is 33.1. The lowest BCUT2D eigenvalue weighted by atomic mass is 9.88. The zero-order valence-electron chi connectivity index (χ0n) is 50.8. The van der Waals surface area contributed by atoms with Gasteiger partial charge in [-0.25, -0.2) is 4.79 Å². The van der Waals surface area contributed by atoms with Gasteiger partial charge in [-0.1, -0.05) is 84.9 Å². The maximum absolute atomic E-state index is 13.1. The van der Waals surface area contributed by atoms with Crippen LogP contribution in [0.15, 0.2) is 121 Å². The van der Waals surface area contributed by atoms with Gasteiger partial charge in [0.2, 0.25) is 17.6 Å². The molecule has 2 aliphatic rings. The van der Waals surface area contributed by atoms with Gasteiger partial charge in [0, 0.05) is 69.6 Å². The van der Waals surface area contributed by atoms with Crippen LogP contribution in [0.3, 0.4) is 0 Å². The molecule has 3 heterocycles. The number of carbonyl (C=O) groups is 8. The Balaban J connectivity index is 0.768. The van der Waals surface area contributed by atoms with Crippen LogP contribution < -0.4 is 26.6 Å². The number of thiophene rings is 1. The second kappa shape index (κ2) is 35.3. The predicted octanol–water partition coefficient (Wildman–Crippen LogP) is 3.34. The van der Waals surface area contributed by atoms with Crippen molar-refractivity contribution in [2.75, 3.05) is 55.9 Å². The van der Waals surface area contributed by atoms with E-state index in [1.165, 1.54) is 30.4 Å². The Labute approximate surface area is 544 Å². The minimum Gasteiger partial charge on any atom is -0.477 e. The number of aliphatic hydroxyl groups is 6. The summed E-state index contributed by atoms with van der Waals surface area (Å²) in [5.74, 6) is -6.85. The molecule has 27 heteroatoms. The largest absolute Gasteiger partial charge is 0.477 e. The molecule has 0 radical (unpaired) electrons. The number of aliphatic hydroxyl groups excluding tert-OH is 6. The van der Waals surface area contributed by atoms with Gasteiger partial charge in [-0.15, -0.1) is 11.3 Å². The maximum atomic E-state index is 13.1. The number of aliphatic carboxylic acids is 1. The number of ether oxygens (including phenoxy) is 4. The third kappa shape index (κ3) is 20.5. The van der Waals surface area contributed by atoms with E-state index in [1.807, 2.05) is 60.7 Å². The fourth-order valence-electron chi connectivity index (χ4n) is 10.4. The van der Waals surface area contributed by atoms with E-state index in [2.05, 4.69) is 26.6 Å². The third-order valence-electron chi connectivity index (χ3n) is 15.2. The number of Topliss-reactive ketones (excluding diaryl/α,β-unsaturated/α-hetero) is 1. The Bertz CT molecular complexity index is 3240. The van der Waals surface area contributed by atoms with Gasteiger partial charge in [-0.05, 0) is 95.2 Å². The summed E-state index contributed by atoms with van der Waals surface area (Å²) in [5.41, 5.74) is 4.25. The number of thioether (sulfide) groups is 2. The summed E-state index contributed by atoms with van der Waals surface area (Å²) in [5, 5.41) is 90.2. The lowest BCUT2D eigenvalue weighted by molar-refractivity contribution is -0.310. The molecular formula is C65H79N5O19S3. The first-order valence-electron chi connectivity index (χ1n) is 30.0. The SMILES string of the molecule is CC(=O)N[C@H]1[C@H]([C@H](O)[C@H](O)CNC(=O)c2ccc(-c3ccccc3)cc2)O[C@](C=O)(OCCCSCCNC(=O)c2ccc(C(=O)CCCSCCCO[C@]3(C(=O)O)C[C@H](O)[C@@H](NC(C)=O)[C@H]([C@H](O)[C@H](O)CNC(=O)c4ccc(-c5ccccc5)cc4)O3)s2)C[C@@H]1O. The van der Waals surface area contributed by atoms with Crippen molar-refractivity contribution >= 4 is 82.4 Å². The summed E-state index contributed by atoms with van der Waals surface area (Å²) in [6.45, 7) is 1.51. The first-order chi connectivity index (χ1) is 44.1. The normalized spacial score (nSPS) is 22.6. The van der Waals surface area contributed by atoms with Crippen molar-refractivity contribution in [2.24, 2.45) is 0 Å². The second-order valence-electron chi connectivity index (χ2n) is 22.1. The minimum absolute atomic E-state index is 0.0245. The molecule has 0 unspecified atom stereocenters. The third-order valence-corrected chi connectivity index (χ3v) is 18.6. The number of nitrogens with one attached hydrogen (secondary N) is 5. The standard InChI is InChI=1S/C65H79N5O19S3/c1-39(72)69-54-48(75)34-64(38-71,88-58(54)56(79)50(77)36-67-60(81)45-21-17-43(18-22-45)41-12-5-3-6-13-41)86-28-10-32-91-33-27-66-62(83)53-26-25-52(92-53)47(74)16-9-30-90-31-11-29-87-65(63(84)85)35-49(76)55(70-40(2)73)59(89-65)57(80)51(78)37-68-61(82)46-23-19-44(20-24-46)42-14-7-4-8-15-42/h3-8,12-15,17-26,38,48-51,54-59,75-80H,9-11,16,27-37H2,1-2H3,(H,66,83)(H,67,81)(H,68,82)(H,69,72)(H,70,73)(H,84,85)/t48-,49-,50+,51+,54+,55+,56+,57+,58+,59+,64+,65+/m0/s1. The predicted molar refractivity (Wildman–Crippen MR) is 344 cm³/mol. The average Bonchev–Trinajstić information content (AvgIpc) is 0.934. The molecule has 1 aromatic heterocycles. The number of amides is 5. The number of carboxylic acid groups (broad SMARTS) is 1. The van der Waals surface area contributed by atoms with Gasteiger partial charge < -0.3 is 81.3 Å². The van der Waals surface area contributed by atoms with Gasteiger partial charge in [0.25, 0.3) is 23.5 Å². The molecule has 0 saturated carbocycles. The summed E-state index contributed by atoms with van der Waals surface area (Å²) in [6.07, 6.45) is -12.7. The molecule has 0 aliphatic carbocycles. The van der Waals surface area contributed by atoms with Crippen molar-refractivity contribution in [3.63, 3.8) is 0 Å². The van der Waals surface area contributed by atoms with Crippen LogP contribution in [0.4, 0.5) is 0 Å². The van der Waals surface area contributed by atoms with Crippen LogP contribution in [0, 0.1) is 0 Å². The van der Waals surface area contributed by atoms with E-state index in [9.17, 15) is 74.1 Å². The molecule has 0 spiro atoms. The zero-order valence-corrected chi connectivity index (χ0v) is 53.2. The minimum atomic E-state index is -2.48. The Kier molecular flexibility index (Phi) is 27.8. The van der Waals surface area contributed by atoms with Crippen LogP contribution in [-0.2, 0) is 38.1 Å². The molecule has 5 aromatic rings. The van der Waals surface area contributed by atoms with Crippen LogP contribution >= 0.6 is 34.9 Å². The number of hydrogen-bond acceptors (Lipinski definition) is 21. The Morgan fingerprint density at radius 3 is 1.53 bits per heavy atom. The fraction of sp³-hybridized carbons (Fsp3) is 0.446. The van der Waals surface area contributed by atoms with Crippen LogP contribution in [0.5, 0.6) is 0 Å². The van der Waals surface area contributed by atoms with Gasteiger partial charge in [-0.2, -0.15) is 23.5 Å². The highest BCUT2D eigenvalue weighted by Gasteiger charge is 2.56. The molecule has 24 nitrogen and oxygen atoms in total. The Morgan fingerprint density at radius 2 is 1.03 bits per heavy atom. The quantitative estimate of drug-likeness (QED) is 0.0157. The van der Waals surface area contributed by atoms with E-state index in [4.69, 9.17) is 18.9 Å². The molecule has 5 amide bonds. The second-order valence-corrected chi connectivity index (χ2v) is 25.7. The topological polar surface area (TPSA) is 375 Å². The number of carbonyl (C=O) groups excluding carboxylic acids is 7. The molecular weight excluding hydrogens is 1250 g/mol. The molecule has 0 bridgehead atoms. The molecule has 2 aliphatic heterocycles. The molecule has 496 valence electrons. The van der Waals surface area contributed by atoms with E-state index in [-0.39, 0.29) is 36.9 Å². The molecule has 2 saturated heterocycles. The van der Waals surface area contributed by atoms with Gasteiger partial charge in [0.15, 0.2) is 12.1 Å². The van der Waals surface area contributed by atoms with Crippen molar-refractivity contribution in [3.8, 4) is 22.3 Å². The van der Waals surface area contributed by atoms with Gasteiger partial charge >= 0.3 is 5.97 Å². The Hall–Kier alpha value is -6.96. The van der Waals surface area contributed by atoms with Gasteiger partial charge in [0.05, 0.1) is 59.5 Å². The molecule has 12 N–H and O–H groups in total. The summed E-state index contributed by atoms with van der Waals surface area (Å²) in [7, 11) is 0. The van der Waals surface area contributed by atoms with Crippen molar-refractivity contribution in [2.45, 2.75) is 125 Å². The molecule has 7 rings (SSSR count). The van der Waals surface area contributed by atoms with E-state index in [0.717, 1.165) is 40.5 Å². The van der Waals surface area contributed by atoms with Gasteiger partial charge in [0.1, 0.15) is 24.4 Å². The maximum Gasteiger partial charge on any atom is 0.364 e. The van der Waals surface area contributed by atoms with Crippen LogP contribution in [0.25, 0.3) is 22.3 Å². The highest BCUT2D eigenvalue weighted by Crippen LogP contribution is 2.35. The van der Waals surface area contributed by atoms with Crippen molar-refractivity contribution in [1.29, 1.82) is 0 Å². The highest BCUT2D eigenvalue weighted by atomic mass is 32.2. The summed E-state index contributed by atoms with van der Waals surface area (Å²) >= 11 is 4.04. The first kappa shape index (κ1) is 72.5. The van der Waals surface area contributed by atoms with Crippen LogP contribution in [0.2, 0.25) is 0 Å². The van der Waals surface area contributed by atoms with Crippen LogP contribution in [-0.4, -0.2) is 212 Å². The molecule has 2 fully saturated rings. The lowest BCUT2D eigenvalue weighted by Crippen LogP contribution is -2.68. The number of carboxylic acids is 1. The molecule has 4 aromatic carbocycles. The number of rotatable bonds is 35. The smallest absolute Gasteiger partial charge is 0.364 e. The molecule has 12 atom stereocenters. The number of benzene rings is 4. The van der Waals surface area contributed by atoms with Crippen molar-refractivity contribution in [3.05, 3.63) is 142 Å². The summed E-state index contributed by atoms with van der Waals surface area (Å²) in [4.78, 5) is 102. The van der Waals surface area contributed by atoms with Crippen LogP contribution in [0.1, 0.15) is 92.4 Å². The zero-order chi connectivity index (χ0) is 66.4. The first-order valence-corrected chi connectivity index (χ1v) is 33.2. The average molecular weight is 1330 g/mol. The number of ketones is 1. The monoisotopic (exact) mass is 1330 g/mol. The molecule has 92 heavy (non-hydrogen) atoms. The van der Waals surface area contributed by atoms with E-state index in [1.54, 1.807) is 60.7 Å². The van der Waals surface area contributed by atoms with E-state index < -0.39 is 128 Å².